The Bertz CT molecular complexity index is 361. The lowest BCUT2D eigenvalue weighted by molar-refractivity contribution is -0.138. The van der Waals surface area contributed by atoms with Crippen LogP contribution in [0.2, 0.25) is 0 Å². The summed E-state index contributed by atoms with van der Waals surface area (Å²) in [4.78, 5) is 24.2. The van der Waals surface area contributed by atoms with Crippen LogP contribution in [0.5, 0.6) is 0 Å². The Labute approximate surface area is 98.5 Å². The molecule has 0 aromatic carbocycles. The van der Waals surface area contributed by atoms with E-state index in [1.807, 2.05) is 12.3 Å². The Morgan fingerprint density at radius 2 is 2.25 bits per heavy atom. The summed E-state index contributed by atoms with van der Waals surface area (Å²) in [6.07, 6.45) is -0.0241. The summed E-state index contributed by atoms with van der Waals surface area (Å²) in [6, 6.07) is 1.47. The summed E-state index contributed by atoms with van der Waals surface area (Å²) < 4.78 is 0. The highest BCUT2D eigenvalue weighted by Crippen LogP contribution is 2.13. The highest BCUT2D eigenvalue weighted by atomic mass is 32.1. The standard InChI is InChI=1S/C11H15NO3S/c1-3-12(8(2)6-10(13)14)11(15)9-4-5-16-7-9/h4-5,7-8H,3,6H2,1-2H3,(H,13,14). The van der Waals surface area contributed by atoms with Gasteiger partial charge in [-0.3, -0.25) is 9.59 Å². The van der Waals surface area contributed by atoms with Crippen LogP contribution in [0, 0.1) is 0 Å². The first kappa shape index (κ1) is 12.7. The fourth-order valence-electron chi connectivity index (χ4n) is 1.57. The molecule has 1 atom stereocenters. The van der Waals surface area contributed by atoms with Crippen molar-refractivity contribution in [3.8, 4) is 0 Å². The zero-order chi connectivity index (χ0) is 12.1. The largest absolute Gasteiger partial charge is 0.481 e. The number of hydrogen-bond donors (Lipinski definition) is 1. The van der Waals surface area contributed by atoms with Gasteiger partial charge in [-0.15, -0.1) is 0 Å². The van der Waals surface area contributed by atoms with Crippen molar-refractivity contribution >= 4 is 23.2 Å². The lowest BCUT2D eigenvalue weighted by Crippen LogP contribution is -2.39. The molecule has 1 aromatic heterocycles. The summed E-state index contributed by atoms with van der Waals surface area (Å²) in [5.41, 5.74) is 0.629. The first-order valence-corrected chi connectivity index (χ1v) is 6.05. The number of aliphatic carboxylic acids is 1. The van der Waals surface area contributed by atoms with E-state index in [4.69, 9.17) is 5.11 Å². The van der Waals surface area contributed by atoms with Crippen LogP contribution in [0.3, 0.4) is 0 Å². The second-order valence-electron chi connectivity index (χ2n) is 3.55. The summed E-state index contributed by atoms with van der Waals surface area (Å²) >= 11 is 1.46. The van der Waals surface area contributed by atoms with Crippen LogP contribution in [0.1, 0.15) is 30.6 Å². The van der Waals surface area contributed by atoms with Crippen molar-refractivity contribution in [3.63, 3.8) is 0 Å². The predicted molar refractivity (Wildman–Crippen MR) is 62.7 cm³/mol. The van der Waals surface area contributed by atoms with Gasteiger partial charge >= 0.3 is 5.97 Å². The van der Waals surface area contributed by atoms with Gasteiger partial charge in [0.25, 0.3) is 5.91 Å². The van der Waals surface area contributed by atoms with E-state index in [2.05, 4.69) is 0 Å². The number of amides is 1. The topological polar surface area (TPSA) is 57.6 Å². The number of nitrogens with zero attached hydrogens (tertiary/aromatic N) is 1. The molecule has 1 rings (SSSR count). The lowest BCUT2D eigenvalue weighted by atomic mass is 10.1. The Balaban J connectivity index is 2.74. The summed E-state index contributed by atoms with van der Waals surface area (Å²) in [6.45, 7) is 4.12. The Hall–Kier alpha value is -1.36. The normalized spacial score (nSPS) is 12.1. The number of carboxylic acid groups (broad SMARTS) is 1. The van der Waals surface area contributed by atoms with Gasteiger partial charge in [0.15, 0.2) is 0 Å². The Kier molecular flexibility index (Phi) is 4.49. The maximum Gasteiger partial charge on any atom is 0.305 e. The number of carbonyl (C=O) groups excluding carboxylic acids is 1. The van der Waals surface area contributed by atoms with Gasteiger partial charge in [-0.05, 0) is 25.3 Å². The third-order valence-corrected chi connectivity index (χ3v) is 3.06. The summed E-state index contributed by atoms with van der Waals surface area (Å²) in [5, 5.41) is 12.3. The molecule has 4 nitrogen and oxygen atoms in total. The zero-order valence-corrected chi connectivity index (χ0v) is 10.2. The van der Waals surface area contributed by atoms with Crippen molar-refractivity contribution in [2.45, 2.75) is 26.3 Å². The Morgan fingerprint density at radius 1 is 1.56 bits per heavy atom. The zero-order valence-electron chi connectivity index (χ0n) is 9.34. The summed E-state index contributed by atoms with van der Waals surface area (Å²) in [7, 11) is 0. The molecule has 1 N–H and O–H groups in total. The highest BCUT2D eigenvalue weighted by Gasteiger charge is 2.21. The molecule has 0 saturated heterocycles. The van der Waals surface area contributed by atoms with Crippen LogP contribution in [-0.4, -0.2) is 34.5 Å². The molecule has 1 unspecified atom stereocenters. The number of hydrogen-bond acceptors (Lipinski definition) is 3. The van der Waals surface area contributed by atoms with Gasteiger partial charge in [0.1, 0.15) is 0 Å². The molecular formula is C11H15NO3S. The molecule has 0 aliphatic heterocycles. The number of carboxylic acids is 1. The van der Waals surface area contributed by atoms with Gasteiger partial charge in [0, 0.05) is 18.0 Å². The van der Waals surface area contributed by atoms with Gasteiger partial charge in [-0.25, -0.2) is 0 Å². The highest BCUT2D eigenvalue weighted by molar-refractivity contribution is 7.08. The van der Waals surface area contributed by atoms with Crippen LogP contribution in [0.15, 0.2) is 16.8 Å². The molecule has 1 amide bonds. The molecule has 0 spiro atoms. The minimum Gasteiger partial charge on any atom is -0.481 e. The molecule has 0 saturated carbocycles. The fraction of sp³-hybridized carbons (Fsp3) is 0.455. The molecule has 1 aromatic rings. The SMILES string of the molecule is CCN(C(=O)c1ccsc1)C(C)CC(=O)O. The minimum absolute atomic E-state index is 0.0241. The number of carbonyl (C=O) groups is 2. The second kappa shape index (κ2) is 5.65. The average Bonchev–Trinajstić information content (AvgIpc) is 2.69. The number of thiophene rings is 1. The second-order valence-corrected chi connectivity index (χ2v) is 4.33. The monoisotopic (exact) mass is 241 g/mol. The van der Waals surface area contributed by atoms with Gasteiger partial charge in [0.05, 0.1) is 12.0 Å². The molecule has 0 aliphatic carbocycles. The molecule has 1 heterocycles. The third-order valence-electron chi connectivity index (χ3n) is 2.37. The molecule has 0 bridgehead atoms. The van der Waals surface area contributed by atoms with Crippen molar-refractivity contribution in [1.29, 1.82) is 0 Å². The van der Waals surface area contributed by atoms with Gasteiger partial charge in [-0.1, -0.05) is 0 Å². The average molecular weight is 241 g/mol. The summed E-state index contributed by atoms with van der Waals surface area (Å²) in [5.74, 6) is -0.985. The number of rotatable bonds is 5. The van der Waals surface area contributed by atoms with E-state index in [-0.39, 0.29) is 18.4 Å². The maximum absolute atomic E-state index is 12.0. The van der Waals surface area contributed by atoms with E-state index in [0.717, 1.165) is 0 Å². The van der Waals surface area contributed by atoms with E-state index in [9.17, 15) is 9.59 Å². The molecule has 0 aliphatic rings. The fourth-order valence-corrected chi connectivity index (χ4v) is 2.20. The predicted octanol–water partition coefficient (Wildman–Crippen LogP) is 2.07. The van der Waals surface area contributed by atoms with Crippen LogP contribution in [0.25, 0.3) is 0 Å². The Morgan fingerprint density at radius 3 is 2.69 bits per heavy atom. The van der Waals surface area contributed by atoms with Crippen LogP contribution in [-0.2, 0) is 4.79 Å². The molecule has 0 radical (unpaired) electrons. The smallest absolute Gasteiger partial charge is 0.305 e. The minimum atomic E-state index is -0.885. The lowest BCUT2D eigenvalue weighted by Gasteiger charge is -2.26. The molecular weight excluding hydrogens is 226 g/mol. The maximum atomic E-state index is 12.0. The van der Waals surface area contributed by atoms with Gasteiger partial charge in [-0.2, -0.15) is 11.3 Å². The van der Waals surface area contributed by atoms with E-state index in [1.165, 1.54) is 11.3 Å². The van der Waals surface area contributed by atoms with Crippen LogP contribution < -0.4 is 0 Å². The van der Waals surface area contributed by atoms with E-state index < -0.39 is 5.97 Å². The van der Waals surface area contributed by atoms with E-state index in [1.54, 1.807) is 23.3 Å². The quantitative estimate of drug-likeness (QED) is 0.858. The van der Waals surface area contributed by atoms with Crippen molar-refractivity contribution in [1.82, 2.24) is 4.90 Å². The van der Waals surface area contributed by atoms with Crippen molar-refractivity contribution in [2.24, 2.45) is 0 Å². The first-order valence-electron chi connectivity index (χ1n) is 5.11. The third kappa shape index (κ3) is 3.06. The van der Waals surface area contributed by atoms with Gasteiger partial charge < -0.3 is 10.0 Å². The molecule has 5 heteroatoms. The van der Waals surface area contributed by atoms with Crippen molar-refractivity contribution in [2.75, 3.05) is 6.54 Å². The van der Waals surface area contributed by atoms with Crippen LogP contribution in [0.4, 0.5) is 0 Å². The molecule has 16 heavy (non-hydrogen) atoms. The van der Waals surface area contributed by atoms with Crippen molar-refractivity contribution < 1.29 is 14.7 Å². The molecule has 88 valence electrons. The first-order chi connectivity index (χ1) is 7.56. The van der Waals surface area contributed by atoms with Crippen LogP contribution >= 0.6 is 11.3 Å². The van der Waals surface area contributed by atoms with E-state index >= 15 is 0 Å². The van der Waals surface area contributed by atoms with Gasteiger partial charge in [0.2, 0.25) is 0 Å². The van der Waals surface area contributed by atoms with E-state index in [0.29, 0.717) is 12.1 Å². The molecule has 0 fully saturated rings. The van der Waals surface area contributed by atoms with Crippen molar-refractivity contribution in [3.05, 3.63) is 22.4 Å².